The molecule has 1 atom stereocenters. The average molecular weight is 399 g/mol. The monoisotopic (exact) mass is 397 g/mol. The first-order chi connectivity index (χ1) is 10.7. The lowest BCUT2D eigenvalue weighted by Crippen LogP contribution is -2.35. The van der Waals surface area contributed by atoms with Crippen LogP contribution in [0.5, 0.6) is 11.6 Å². The Morgan fingerprint density at radius 1 is 1.35 bits per heavy atom. The van der Waals surface area contributed by atoms with Crippen LogP contribution in [0, 0.1) is 0 Å². The van der Waals surface area contributed by atoms with Gasteiger partial charge in [0.05, 0.1) is 17.9 Å². The summed E-state index contributed by atoms with van der Waals surface area (Å²) in [5.41, 5.74) is 0.667. The fourth-order valence-electron chi connectivity index (χ4n) is 2.30. The molecule has 1 aromatic carbocycles. The van der Waals surface area contributed by atoms with E-state index >= 15 is 0 Å². The molecule has 1 aliphatic heterocycles. The van der Waals surface area contributed by atoms with Gasteiger partial charge < -0.3 is 15.4 Å². The number of hydrogen-bond donors (Lipinski definition) is 2. The van der Waals surface area contributed by atoms with Crippen LogP contribution in [0.15, 0.2) is 47.1 Å². The lowest BCUT2D eigenvalue weighted by molar-refractivity contribution is -0.117. The lowest BCUT2D eigenvalue weighted by atomic mass is 10.2. The fourth-order valence-corrected chi connectivity index (χ4v) is 2.68. The highest BCUT2D eigenvalue weighted by Crippen LogP contribution is 2.23. The van der Waals surface area contributed by atoms with Gasteiger partial charge in [-0.05, 0) is 43.7 Å². The number of rotatable bonds is 4. The van der Waals surface area contributed by atoms with Crippen LogP contribution < -0.4 is 15.4 Å². The van der Waals surface area contributed by atoms with Crippen molar-refractivity contribution in [1.29, 1.82) is 0 Å². The first-order valence-electron chi connectivity index (χ1n) is 7.14. The number of benzene rings is 1. The van der Waals surface area contributed by atoms with Crippen molar-refractivity contribution in [1.82, 2.24) is 10.3 Å². The standard InChI is InChI=1S/C16H16BrN3O2.ClH/c17-11-3-1-4-13(9-11)22-15-7-6-12(10-19-15)20-16(21)14-5-2-8-18-14;/h1,3-4,6-7,9-10,14,18H,2,5,8H2,(H,20,21);1H. The lowest BCUT2D eigenvalue weighted by Gasteiger charge is -2.11. The molecule has 0 bridgehead atoms. The van der Waals surface area contributed by atoms with E-state index in [0.717, 1.165) is 23.9 Å². The summed E-state index contributed by atoms with van der Waals surface area (Å²) in [7, 11) is 0. The third-order valence-corrected chi connectivity index (χ3v) is 3.89. The van der Waals surface area contributed by atoms with Crippen LogP contribution in [0.25, 0.3) is 0 Å². The van der Waals surface area contributed by atoms with Crippen LogP contribution >= 0.6 is 28.3 Å². The average Bonchev–Trinajstić information content (AvgIpc) is 3.04. The Labute approximate surface area is 149 Å². The molecule has 7 heteroatoms. The molecule has 122 valence electrons. The maximum Gasteiger partial charge on any atom is 0.241 e. The summed E-state index contributed by atoms with van der Waals surface area (Å²) in [6.45, 7) is 0.899. The maximum absolute atomic E-state index is 12.0. The molecule has 23 heavy (non-hydrogen) atoms. The summed E-state index contributed by atoms with van der Waals surface area (Å²) in [6.07, 6.45) is 3.51. The maximum atomic E-state index is 12.0. The van der Waals surface area contributed by atoms with E-state index in [2.05, 4.69) is 31.5 Å². The Balaban J connectivity index is 0.00000192. The molecule has 3 rings (SSSR count). The number of pyridine rings is 1. The van der Waals surface area contributed by atoms with E-state index < -0.39 is 0 Å². The molecule has 2 aromatic rings. The Morgan fingerprint density at radius 2 is 2.22 bits per heavy atom. The van der Waals surface area contributed by atoms with Crippen molar-refractivity contribution in [2.45, 2.75) is 18.9 Å². The molecule has 1 aromatic heterocycles. The number of amides is 1. The number of nitrogens with zero attached hydrogens (tertiary/aromatic N) is 1. The van der Waals surface area contributed by atoms with Gasteiger partial charge in [0.1, 0.15) is 5.75 Å². The van der Waals surface area contributed by atoms with Gasteiger partial charge >= 0.3 is 0 Å². The van der Waals surface area contributed by atoms with Crippen LogP contribution in [-0.2, 0) is 4.79 Å². The summed E-state index contributed by atoms with van der Waals surface area (Å²) in [4.78, 5) is 16.2. The third-order valence-electron chi connectivity index (χ3n) is 3.40. The zero-order valence-corrected chi connectivity index (χ0v) is 14.7. The van der Waals surface area contributed by atoms with Gasteiger partial charge in [-0.2, -0.15) is 0 Å². The summed E-state index contributed by atoms with van der Waals surface area (Å²) >= 11 is 3.39. The molecule has 0 spiro atoms. The summed E-state index contributed by atoms with van der Waals surface area (Å²) in [5.74, 6) is 1.17. The van der Waals surface area contributed by atoms with Crippen LogP contribution in [-0.4, -0.2) is 23.5 Å². The predicted octanol–water partition coefficient (Wildman–Crippen LogP) is 3.75. The summed E-state index contributed by atoms with van der Waals surface area (Å²) in [5, 5.41) is 6.02. The van der Waals surface area contributed by atoms with Gasteiger partial charge in [-0.25, -0.2) is 4.98 Å². The molecule has 2 N–H and O–H groups in total. The van der Waals surface area contributed by atoms with Gasteiger partial charge in [0.25, 0.3) is 0 Å². The van der Waals surface area contributed by atoms with Gasteiger partial charge in [-0.15, -0.1) is 12.4 Å². The van der Waals surface area contributed by atoms with Crippen molar-refractivity contribution in [2.24, 2.45) is 0 Å². The van der Waals surface area contributed by atoms with Crippen LogP contribution in [0.1, 0.15) is 12.8 Å². The number of halogens is 2. The minimum absolute atomic E-state index is 0. The number of carbonyl (C=O) groups is 1. The molecule has 0 aliphatic carbocycles. The Hall–Kier alpha value is -1.63. The highest BCUT2D eigenvalue weighted by atomic mass is 79.9. The second-order valence-electron chi connectivity index (χ2n) is 5.08. The number of ether oxygens (including phenoxy) is 1. The smallest absolute Gasteiger partial charge is 0.241 e. The van der Waals surface area contributed by atoms with Crippen molar-refractivity contribution in [3.05, 3.63) is 47.1 Å². The summed E-state index contributed by atoms with van der Waals surface area (Å²) in [6, 6.07) is 11.0. The van der Waals surface area contributed by atoms with E-state index in [0.29, 0.717) is 17.3 Å². The largest absolute Gasteiger partial charge is 0.439 e. The molecule has 0 saturated carbocycles. The van der Waals surface area contributed by atoms with E-state index in [9.17, 15) is 4.79 Å². The minimum atomic E-state index is -0.0994. The van der Waals surface area contributed by atoms with E-state index in [1.54, 1.807) is 18.3 Å². The SMILES string of the molecule is Cl.O=C(Nc1ccc(Oc2cccc(Br)c2)nc1)C1CCCN1. The van der Waals surface area contributed by atoms with Crippen molar-refractivity contribution in [3.8, 4) is 11.6 Å². The van der Waals surface area contributed by atoms with Crippen molar-refractivity contribution >= 4 is 39.9 Å². The second kappa shape index (κ2) is 8.29. The molecule has 1 aliphatic rings. The van der Waals surface area contributed by atoms with E-state index in [1.807, 2.05) is 24.3 Å². The first-order valence-corrected chi connectivity index (χ1v) is 7.94. The van der Waals surface area contributed by atoms with Crippen molar-refractivity contribution < 1.29 is 9.53 Å². The van der Waals surface area contributed by atoms with Crippen molar-refractivity contribution in [3.63, 3.8) is 0 Å². The van der Waals surface area contributed by atoms with E-state index in [4.69, 9.17) is 4.74 Å². The third kappa shape index (κ3) is 4.92. The first kappa shape index (κ1) is 17.7. The number of hydrogen-bond acceptors (Lipinski definition) is 4. The van der Waals surface area contributed by atoms with Gasteiger partial charge in [-0.3, -0.25) is 4.79 Å². The molecular formula is C16H17BrClN3O2. The molecule has 0 radical (unpaired) electrons. The quantitative estimate of drug-likeness (QED) is 0.823. The number of carbonyl (C=O) groups excluding carboxylic acids is 1. The number of aromatic nitrogens is 1. The normalized spacial score (nSPS) is 16.5. The Bertz CT molecular complexity index is 661. The van der Waals surface area contributed by atoms with Gasteiger partial charge in [0.15, 0.2) is 0 Å². The fraction of sp³-hybridized carbons (Fsp3) is 0.250. The zero-order chi connectivity index (χ0) is 15.4. The Kier molecular flexibility index (Phi) is 6.38. The molecule has 1 amide bonds. The molecule has 1 saturated heterocycles. The Morgan fingerprint density at radius 3 is 2.87 bits per heavy atom. The predicted molar refractivity (Wildman–Crippen MR) is 95.4 cm³/mol. The van der Waals surface area contributed by atoms with Crippen LogP contribution in [0.2, 0.25) is 0 Å². The number of anilines is 1. The molecular weight excluding hydrogens is 382 g/mol. The topological polar surface area (TPSA) is 63.2 Å². The molecule has 5 nitrogen and oxygen atoms in total. The molecule has 1 unspecified atom stereocenters. The van der Waals surface area contributed by atoms with Gasteiger partial charge in [-0.1, -0.05) is 22.0 Å². The second-order valence-corrected chi connectivity index (χ2v) is 6.00. The highest BCUT2D eigenvalue weighted by Gasteiger charge is 2.21. The van der Waals surface area contributed by atoms with E-state index in [-0.39, 0.29) is 24.4 Å². The zero-order valence-electron chi connectivity index (χ0n) is 12.3. The van der Waals surface area contributed by atoms with Crippen molar-refractivity contribution in [2.75, 3.05) is 11.9 Å². The van der Waals surface area contributed by atoms with Crippen LogP contribution in [0.3, 0.4) is 0 Å². The highest BCUT2D eigenvalue weighted by molar-refractivity contribution is 9.10. The number of nitrogens with one attached hydrogen (secondary N) is 2. The van der Waals surface area contributed by atoms with Crippen LogP contribution in [0.4, 0.5) is 5.69 Å². The van der Waals surface area contributed by atoms with E-state index in [1.165, 1.54) is 0 Å². The van der Waals surface area contributed by atoms with Gasteiger partial charge in [0.2, 0.25) is 11.8 Å². The minimum Gasteiger partial charge on any atom is -0.439 e. The summed E-state index contributed by atoms with van der Waals surface area (Å²) < 4.78 is 6.60. The molecule has 2 heterocycles. The molecule has 1 fully saturated rings. The van der Waals surface area contributed by atoms with Gasteiger partial charge in [0, 0.05) is 10.5 Å².